The first-order valence-corrected chi connectivity index (χ1v) is 10.4. The molecule has 5 nitrogen and oxygen atoms in total. The highest BCUT2D eigenvalue weighted by Crippen LogP contribution is 2.28. The first-order valence-electron chi connectivity index (χ1n) is 10.4. The van der Waals surface area contributed by atoms with Crippen LogP contribution in [0.25, 0.3) is 0 Å². The van der Waals surface area contributed by atoms with E-state index in [9.17, 15) is 18.7 Å². The number of hydrogen-bond acceptors (Lipinski definition) is 4. The van der Waals surface area contributed by atoms with Gasteiger partial charge in [-0.15, -0.1) is 0 Å². The maximum atomic E-state index is 14.5. The van der Waals surface area contributed by atoms with E-state index in [1.165, 1.54) is 17.0 Å². The molecule has 0 aliphatic carbocycles. The van der Waals surface area contributed by atoms with Gasteiger partial charge in [-0.25, -0.2) is 8.78 Å². The standard InChI is InChI=1S/C24H28F2N2O3/c1-3-17(2)28-15-20(16-29)22(24(28)30)13-21(25)7-6-19-5-4-18(12-23(19)26)14-27-8-10-31-11-9-27/h4-5,7,12-13,16,29H,2-3,6,8-11,14-15H2,1H3/b20-16+,21-7+,22-13+. The number of aliphatic hydroxyl groups excluding tert-OH is 1. The number of amides is 1. The molecule has 7 heteroatoms. The zero-order valence-corrected chi connectivity index (χ0v) is 17.7. The second-order valence-corrected chi connectivity index (χ2v) is 7.63. The largest absolute Gasteiger partial charge is 0.515 e. The van der Waals surface area contributed by atoms with Crippen LogP contribution in [0.4, 0.5) is 8.78 Å². The molecule has 2 aliphatic rings. The maximum absolute atomic E-state index is 14.5. The number of carbonyl (C=O) groups excluding carboxylic acids is 1. The number of hydrogen-bond donors (Lipinski definition) is 1. The minimum Gasteiger partial charge on any atom is -0.515 e. The highest BCUT2D eigenvalue weighted by atomic mass is 19.1. The van der Waals surface area contributed by atoms with Crippen molar-refractivity contribution < 1.29 is 23.4 Å². The summed E-state index contributed by atoms with van der Waals surface area (Å²) in [6.07, 6.45) is 3.74. The first kappa shape index (κ1) is 22.9. The predicted molar refractivity (Wildman–Crippen MR) is 115 cm³/mol. The fraction of sp³-hybridized carbons (Fsp3) is 0.375. The van der Waals surface area contributed by atoms with Gasteiger partial charge in [-0.2, -0.15) is 0 Å². The fourth-order valence-corrected chi connectivity index (χ4v) is 3.60. The normalized spacial score (nSPS) is 20.8. The lowest BCUT2D eigenvalue weighted by Gasteiger charge is -2.26. The number of benzene rings is 1. The van der Waals surface area contributed by atoms with E-state index >= 15 is 0 Å². The number of aliphatic hydroxyl groups is 1. The van der Waals surface area contributed by atoms with Crippen LogP contribution < -0.4 is 0 Å². The van der Waals surface area contributed by atoms with Gasteiger partial charge in [0.25, 0.3) is 5.91 Å². The molecular formula is C24H28F2N2O3. The van der Waals surface area contributed by atoms with Gasteiger partial charge in [0.15, 0.2) is 0 Å². The number of likely N-dealkylation sites (tertiary alicyclic amines) is 1. The van der Waals surface area contributed by atoms with Crippen LogP contribution >= 0.6 is 0 Å². The summed E-state index contributed by atoms with van der Waals surface area (Å²) >= 11 is 0. The molecule has 166 valence electrons. The minimum atomic E-state index is -0.663. The molecule has 0 spiro atoms. The van der Waals surface area contributed by atoms with E-state index in [1.807, 2.05) is 13.0 Å². The SMILES string of the molecule is C=C(CC)N1CC(=C\O)/C(=C\C(F)=C/Cc2ccc(CN3CCOCC3)cc2F)C1=O. The summed E-state index contributed by atoms with van der Waals surface area (Å²) in [4.78, 5) is 16.1. The van der Waals surface area contributed by atoms with Gasteiger partial charge in [0, 0.05) is 30.9 Å². The van der Waals surface area contributed by atoms with Crippen LogP contribution in [0.1, 0.15) is 24.5 Å². The van der Waals surface area contributed by atoms with Crippen molar-refractivity contribution in [3.05, 3.63) is 82.8 Å². The van der Waals surface area contributed by atoms with Crippen LogP contribution in [0.15, 0.2) is 65.9 Å². The monoisotopic (exact) mass is 430 g/mol. The van der Waals surface area contributed by atoms with Gasteiger partial charge in [-0.05, 0) is 42.2 Å². The molecule has 1 aromatic carbocycles. The van der Waals surface area contributed by atoms with Gasteiger partial charge >= 0.3 is 0 Å². The zero-order valence-electron chi connectivity index (χ0n) is 17.7. The highest BCUT2D eigenvalue weighted by molar-refractivity contribution is 6.02. The van der Waals surface area contributed by atoms with Crippen molar-refractivity contribution in [3.8, 4) is 0 Å². The fourth-order valence-electron chi connectivity index (χ4n) is 3.60. The summed E-state index contributed by atoms with van der Waals surface area (Å²) in [5.74, 6) is -1.46. The minimum absolute atomic E-state index is 0.0526. The average molecular weight is 430 g/mol. The molecule has 0 bridgehead atoms. The Hall–Kier alpha value is -2.77. The maximum Gasteiger partial charge on any atom is 0.258 e. The second kappa shape index (κ2) is 10.5. The third-order valence-corrected chi connectivity index (χ3v) is 5.52. The third-order valence-electron chi connectivity index (χ3n) is 5.52. The van der Waals surface area contributed by atoms with Crippen LogP contribution in [0.5, 0.6) is 0 Å². The van der Waals surface area contributed by atoms with Crippen molar-refractivity contribution in [2.75, 3.05) is 32.8 Å². The molecule has 0 saturated carbocycles. The molecule has 0 unspecified atom stereocenters. The average Bonchev–Trinajstić information content (AvgIpc) is 3.08. The van der Waals surface area contributed by atoms with Gasteiger partial charge in [0.2, 0.25) is 0 Å². The Balaban J connectivity index is 1.68. The number of allylic oxidation sites excluding steroid dienone is 4. The topological polar surface area (TPSA) is 53.0 Å². The molecule has 0 radical (unpaired) electrons. The van der Waals surface area contributed by atoms with Gasteiger partial charge < -0.3 is 14.7 Å². The number of halogens is 2. The molecule has 2 fully saturated rings. The summed E-state index contributed by atoms with van der Waals surface area (Å²) < 4.78 is 34.3. The van der Waals surface area contributed by atoms with E-state index in [1.54, 1.807) is 6.07 Å². The summed E-state index contributed by atoms with van der Waals surface area (Å²) in [5, 5.41) is 9.41. The van der Waals surface area contributed by atoms with Gasteiger partial charge in [-0.1, -0.05) is 25.6 Å². The Bertz CT molecular complexity index is 931. The van der Waals surface area contributed by atoms with Crippen molar-refractivity contribution in [3.63, 3.8) is 0 Å². The molecule has 2 aliphatic heterocycles. The molecule has 1 amide bonds. The van der Waals surface area contributed by atoms with Gasteiger partial charge in [0.1, 0.15) is 11.6 Å². The molecule has 2 heterocycles. The summed E-state index contributed by atoms with van der Waals surface area (Å²) in [6, 6.07) is 4.99. The van der Waals surface area contributed by atoms with Gasteiger partial charge in [0.05, 0.1) is 31.6 Å². The Morgan fingerprint density at radius 2 is 2.06 bits per heavy atom. The summed E-state index contributed by atoms with van der Waals surface area (Å²) in [7, 11) is 0. The summed E-state index contributed by atoms with van der Waals surface area (Å²) in [5.41, 5.74) is 2.22. The number of morpholine rings is 1. The molecule has 1 N–H and O–H groups in total. The third kappa shape index (κ3) is 5.68. The van der Waals surface area contributed by atoms with Crippen LogP contribution in [-0.4, -0.2) is 53.7 Å². The lowest BCUT2D eigenvalue weighted by atomic mass is 10.1. The number of carbonyl (C=O) groups is 1. The lowest BCUT2D eigenvalue weighted by Crippen LogP contribution is -2.35. The first-order chi connectivity index (χ1) is 14.9. The van der Waals surface area contributed by atoms with Crippen LogP contribution in [0, 0.1) is 5.82 Å². The van der Waals surface area contributed by atoms with Crippen molar-refractivity contribution in [1.82, 2.24) is 9.80 Å². The van der Waals surface area contributed by atoms with Crippen molar-refractivity contribution in [2.45, 2.75) is 26.3 Å². The van der Waals surface area contributed by atoms with Crippen LogP contribution in [0.3, 0.4) is 0 Å². The highest BCUT2D eigenvalue weighted by Gasteiger charge is 2.32. The van der Waals surface area contributed by atoms with Crippen molar-refractivity contribution in [2.24, 2.45) is 0 Å². The Kier molecular flexibility index (Phi) is 7.76. The smallest absolute Gasteiger partial charge is 0.258 e. The number of rotatable bonds is 7. The van der Waals surface area contributed by atoms with E-state index in [0.717, 1.165) is 31.0 Å². The molecule has 1 aromatic rings. The van der Waals surface area contributed by atoms with E-state index in [-0.39, 0.29) is 24.4 Å². The van der Waals surface area contributed by atoms with Gasteiger partial charge in [-0.3, -0.25) is 9.69 Å². The quantitative estimate of drug-likeness (QED) is 0.521. The molecule has 0 atom stereocenters. The van der Waals surface area contributed by atoms with E-state index in [0.29, 0.717) is 43.0 Å². The molecular weight excluding hydrogens is 402 g/mol. The molecule has 31 heavy (non-hydrogen) atoms. The molecule has 3 rings (SSSR count). The van der Waals surface area contributed by atoms with E-state index in [4.69, 9.17) is 4.74 Å². The Morgan fingerprint density at radius 3 is 2.71 bits per heavy atom. The Morgan fingerprint density at radius 1 is 1.32 bits per heavy atom. The zero-order chi connectivity index (χ0) is 22.4. The number of nitrogens with zero attached hydrogens (tertiary/aromatic N) is 2. The molecule has 2 saturated heterocycles. The van der Waals surface area contributed by atoms with E-state index in [2.05, 4.69) is 11.5 Å². The summed E-state index contributed by atoms with van der Waals surface area (Å²) in [6.45, 7) is 9.49. The van der Waals surface area contributed by atoms with Crippen molar-refractivity contribution >= 4 is 5.91 Å². The van der Waals surface area contributed by atoms with E-state index < -0.39 is 11.7 Å². The number of ether oxygens (including phenoxy) is 1. The van der Waals surface area contributed by atoms with Crippen LogP contribution in [-0.2, 0) is 22.5 Å². The lowest BCUT2D eigenvalue weighted by molar-refractivity contribution is -0.123. The second-order valence-electron chi connectivity index (χ2n) is 7.63. The Labute approximate surface area is 181 Å². The molecule has 0 aromatic heterocycles. The van der Waals surface area contributed by atoms with Crippen LogP contribution in [0.2, 0.25) is 0 Å². The predicted octanol–water partition coefficient (Wildman–Crippen LogP) is 4.19. The van der Waals surface area contributed by atoms with Crippen molar-refractivity contribution in [1.29, 1.82) is 0 Å².